The van der Waals surface area contributed by atoms with E-state index in [1.807, 2.05) is 20.8 Å². The fraction of sp³-hybridized carbons (Fsp3) is 0.909. The van der Waals surface area contributed by atoms with Crippen molar-refractivity contribution in [3.63, 3.8) is 0 Å². The minimum absolute atomic E-state index is 0.0829. The van der Waals surface area contributed by atoms with Crippen molar-refractivity contribution in [1.29, 1.82) is 0 Å². The van der Waals surface area contributed by atoms with Crippen LogP contribution in [0.4, 0.5) is 0 Å². The Balaban J connectivity index is 2.46. The average Bonchev–Trinajstić information content (AvgIpc) is 2.17. The molecule has 0 aromatic heterocycles. The lowest BCUT2D eigenvalue weighted by molar-refractivity contribution is -0.131. The van der Waals surface area contributed by atoms with Crippen molar-refractivity contribution in [2.24, 2.45) is 11.7 Å². The van der Waals surface area contributed by atoms with Gasteiger partial charge in [-0.25, -0.2) is 0 Å². The fourth-order valence-corrected chi connectivity index (χ4v) is 1.72. The van der Waals surface area contributed by atoms with Crippen LogP contribution in [0.25, 0.3) is 0 Å². The third kappa shape index (κ3) is 3.80. The van der Waals surface area contributed by atoms with Crippen LogP contribution >= 0.6 is 0 Å². The summed E-state index contributed by atoms with van der Waals surface area (Å²) in [6.07, 6.45) is 1.82. The highest BCUT2D eigenvalue weighted by Crippen LogP contribution is 2.20. The van der Waals surface area contributed by atoms with Gasteiger partial charge < -0.3 is 15.8 Å². The van der Waals surface area contributed by atoms with Crippen LogP contribution in [0.3, 0.4) is 0 Å². The molecule has 0 aromatic carbocycles. The molecule has 1 heterocycles. The van der Waals surface area contributed by atoms with E-state index in [4.69, 9.17) is 10.5 Å². The maximum atomic E-state index is 11.9. The summed E-state index contributed by atoms with van der Waals surface area (Å²) in [7, 11) is 0. The number of hydrogen-bond acceptors (Lipinski definition) is 3. The van der Waals surface area contributed by atoms with E-state index in [9.17, 15) is 4.79 Å². The summed E-state index contributed by atoms with van der Waals surface area (Å²) in [5, 5.41) is 2.98. The molecule has 1 saturated heterocycles. The van der Waals surface area contributed by atoms with Crippen LogP contribution in [0.15, 0.2) is 0 Å². The van der Waals surface area contributed by atoms with Gasteiger partial charge in [0.05, 0.1) is 6.10 Å². The van der Waals surface area contributed by atoms with Gasteiger partial charge in [0.15, 0.2) is 0 Å². The summed E-state index contributed by atoms with van der Waals surface area (Å²) >= 11 is 0. The van der Waals surface area contributed by atoms with Crippen molar-refractivity contribution < 1.29 is 9.53 Å². The van der Waals surface area contributed by atoms with Gasteiger partial charge in [0.1, 0.15) is 0 Å². The lowest BCUT2D eigenvalue weighted by Crippen LogP contribution is -2.51. The first kappa shape index (κ1) is 12.5. The van der Waals surface area contributed by atoms with Crippen LogP contribution in [0.5, 0.6) is 0 Å². The number of nitrogens with two attached hydrogens (primary N) is 1. The second-order valence-corrected chi connectivity index (χ2v) is 4.98. The van der Waals surface area contributed by atoms with Crippen molar-refractivity contribution in [2.45, 2.75) is 45.3 Å². The summed E-state index contributed by atoms with van der Waals surface area (Å²) in [5.74, 6) is 0.195. The first-order valence-corrected chi connectivity index (χ1v) is 5.58. The Morgan fingerprint density at radius 2 is 2.27 bits per heavy atom. The SMILES string of the molecule is CC1CC(C(=O)NC(C)(C)CN)CCO1. The molecule has 0 aliphatic carbocycles. The number of amides is 1. The molecular weight excluding hydrogens is 192 g/mol. The van der Waals surface area contributed by atoms with Gasteiger partial charge in [-0.15, -0.1) is 0 Å². The highest BCUT2D eigenvalue weighted by Gasteiger charge is 2.28. The minimum atomic E-state index is -0.307. The zero-order valence-electron chi connectivity index (χ0n) is 9.88. The van der Waals surface area contributed by atoms with Crippen LogP contribution in [-0.4, -0.2) is 30.7 Å². The van der Waals surface area contributed by atoms with Crippen LogP contribution < -0.4 is 11.1 Å². The molecule has 15 heavy (non-hydrogen) atoms. The largest absolute Gasteiger partial charge is 0.378 e. The van der Waals surface area contributed by atoms with Crippen LogP contribution in [0.1, 0.15) is 33.6 Å². The molecule has 4 nitrogen and oxygen atoms in total. The van der Waals surface area contributed by atoms with Crippen molar-refractivity contribution in [3.05, 3.63) is 0 Å². The smallest absolute Gasteiger partial charge is 0.223 e. The predicted molar refractivity (Wildman–Crippen MR) is 59.4 cm³/mol. The molecule has 2 atom stereocenters. The molecule has 1 aliphatic heterocycles. The van der Waals surface area contributed by atoms with Gasteiger partial charge in [-0.05, 0) is 33.6 Å². The second kappa shape index (κ2) is 4.94. The highest BCUT2D eigenvalue weighted by atomic mass is 16.5. The Bertz CT molecular complexity index is 229. The Kier molecular flexibility index (Phi) is 4.11. The molecule has 0 saturated carbocycles. The molecule has 0 aromatic rings. The lowest BCUT2D eigenvalue weighted by atomic mass is 9.94. The van der Waals surface area contributed by atoms with E-state index in [1.165, 1.54) is 0 Å². The monoisotopic (exact) mass is 214 g/mol. The molecule has 4 heteroatoms. The third-order valence-corrected chi connectivity index (χ3v) is 2.83. The molecule has 3 N–H and O–H groups in total. The third-order valence-electron chi connectivity index (χ3n) is 2.83. The van der Waals surface area contributed by atoms with Gasteiger partial charge >= 0.3 is 0 Å². The summed E-state index contributed by atoms with van der Waals surface area (Å²) < 4.78 is 5.41. The molecule has 1 rings (SSSR count). The van der Waals surface area contributed by atoms with Gasteiger partial charge in [0.25, 0.3) is 0 Å². The number of carbonyl (C=O) groups is 1. The van der Waals surface area contributed by atoms with Gasteiger partial charge in [-0.3, -0.25) is 4.79 Å². The first-order chi connectivity index (χ1) is 6.94. The summed E-state index contributed by atoms with van der Waals surface area (Å²) in [6.45, 7) is 7.02. The van der Waals surface area contributed by atoms with Crippen LogP contribution in [-0.2, 0) is 9.53 Å². The first-order valence-electron chi connectivity index (χ1n) is 5.58. The Morgan fingerprint density at radius 1 is 1.60 bits per heavy atom. The van der Waals surface area contributed by atoms with E-state index in [0.717, 1.165) is 12.8 Å². The van der Waals surface area contributed by atoms with E-state index in [0.29, 0.717) is 13.2 Å². The topological polar surface area (TPSA) is 64.4 Å². The molecule has 1 amide bonds. The zero-order chi connectivity index (χ0) is 11.5. The van der Waals surface area contributed by atoms with E-state index in [2.05, 4.69) is 5.32 Å². The summed E-state index contributed by atoms with van der Waals surface area (Å²) in [5.41, 5.74) is 5.27. The summed E-state index contributed by atoms with van der Waals surface area (Å²) in [6, 6.07) is 0. The standard InChI is InChI=1S/C11H22N2O2/c1-8-6-9(4-5-15-8)10(14)13-11(2,3)7-12/h8-9H,4-7,12H2,1-3H3,(H,13,14). The lowest BCUT2D eigenvalue weighted by Gasteiger charge is -2.31. The molecule has 1 aliphatic rings. The van der Waals surface area contributed by atoms with Crippen molar-refractivity contribution in [1.82, 2.24) is 5.32 Å². The van der Waals surface area contributed by atoms with Crippen molar-refractivity contribution in [2.75, 3.05) is 13.2 Å². The molecule has 88 valence electrons. The zero-order valence-corrected chi connectivity index (χ0v) is 9.88. The number of ether oxygens (including phenoxy) is 1. The Morgan fingerprint density at radius 3 is 2.80 bits per heavy atom. The van der Waals surface area contributed by atoms with E-state index in [-0.39, 0.29) is 23.5 Å². The van der Waals surface area contributed by atoms with Gasteiger partial charge in [-0.1, -0.05) is 0 Å². The molecule has 0 radical (unpaired) electrons. The molecule has 2 unspecified atom stereocenters. The normalized spacial score (nSPS) is 27.5. The number of hydrogen-bond donors (Lipinski definition) is 2. The number of carbonyl (C=O) groups excluding carboxylic acids is 1. The van der Waals surface area contributed by atoms with E-state index < -0.39 is 0 Å². The van der Waals surface area contributed by atoms with Crippen molar-refractivity contribution in [3.8, 4) is 0 Å². The van der Waals surface area contributed by atoms with Crippen LogP contribution in [0, 0.1) is 5.92 Å². The fourth-order valence-electron chi connectivity index (χ4n) is 1.72. The predicted octanol–water partition coefficient (Wildman–Crippen LogP) is 0.655. The minimum Gasteiger partial charge on any atom is -0.378 e. The van der Waals surface area contributed by atoms with E-state index in [1.54, 1.807) is 0 Å². The van der Waals surface area contributed by atoms with Gasteiger partial charge in [0, 0.05) is 24.6 Å². The molecular formula is C11H22N2O2. The quantitative estimate of drug-likeness (QED) is 0.725. The van der Waals surface area contributed by atoms with Gasteiger partial charge in [0.2, 0.25) is 5.91 Å². The van der Waals surface area contributed by atoms with Crippen LogP contribution in [0.2, 0.25) is 0 Å². The Hall–Kier alpha value is -0.610. The molecule has 0 bridgehead atoms. The summed E-state index contributed by atoms with van der Waals surface area (Å²) in [4.78, 5) is 11.9. The maximum Gasteiger partial charge on any atom is 0.223 e. The highest BCUT2D eigenvalue weighted by molar-refractivity contribution is 5.79. The second-order valence-electron chi connectivity index (χ2n) is 4.98. The van der Waals surface area contributed by atoms with E-state index >= 15 is 0 Å². The Labute approximate surface area is 91.5 Å². The number of rotatable bonds is 3. The van der Waals surface area contributed by atoms with Crippen molar-refractivity contribution >= 4 is 5.91 Å². The molecule has 0 spiro atoms. The maximum absolute atomic E-state index is 11.9. The molecule has 1 fully saturated rings. The average molecular weight is 214 g/mol. The number of nitrogens with one attached hydrogen (secondary N) is 1. The van der Waals surface area contributed by atoms with Gasteiger partial charge in [-0.2, -0.15) is 0 Å².